The minimum absolute atomic E-state index is 0.169. The number of hydrogen-bond donors (Lipinski definition) is 3. The highest BCUT2D eigenvalue weighted by Gasteiger charge is 2.23. The molecule has 9 heteroatoms. The Morgan fingerprint density at radius 3 is 2.67 bits per heavy atom. The van der Waals surface area contributed by atoms with Crippen LogP contribution in [0.15, 0.2) is 84.1 Å². The van der Waals surface area contributed by atoms with E-state index in [9.17, 15) is 9.59 Å². The van der Waals surface area contributed by atoms with Crippen molar-refractivity contribution in [3.63, 3.8) is 0 Å². The SMILES string of the molecule is CC(C)COC(=O)N[C@@H](Cc1c[nH]c2ccccc12)C(=O)N/N=C\c1ccccc1OCc1cccc(Cl)c1. The van der Waals surface area contributed by atoms with E-state index in [1.54, 1.807) is 6.07 Å². The Morgan fingerprint density at radius 1 is 1.05 bits per heavy atom. The van der Waals surface area contributed by atoms with Crippen LogP contribution in [0.1, 0.15) is 30.5 Å². The molecule has 8 nitrogen and oxygen atoms in total. The first kappa shape index (κ1) is 27.7. The maximum atomic E-state index is 13.1. The summed E-state index contributed by atoms with van der Waals surface area (Å²) in [4.78, 5) is 28.8. The number of amides is 2. The number of rotatable bonds is 11. The molecule has 0 bridgehead atoms. The van der Waals surface area contributed by atoms with E-state index in [2.05, 4.69) is 20.8 Å². The van der Waals surface area contributed by atoms with Gasteiger partial charge in [-0.3, -0.25) is 4.79 Å². The van der Waals surface area contributed by atoms with E-state index in [-0.39, 0.29) is 18.9 Å². The van der Waals surface area contributed by atoms with Crippen LogP contribution in [-0.2, 0) is 22.6 Å². The molecule has 3 N–H and O–H groups in total. The van der Waals surface area contributed by atoms with Gasteiger partial charge in [-0.2, -0.15) is 5.10 Å². The first-order chi connectivity index (χ1) is 18.9. The highest BCUT2D eigenvalue weighted by atomic mass is 35.5. The summed E-state index contributed by atoms with van der Waals surface area (Å²) in [7, 11) is 0. The van der Waals surface area contributed by atoms with E-state index in [0.717, 1.165) is 22.0 Å². The van der Waals surface area contributed by atoms with Crippen molar-refractivity contribution in [2.45, 2.75) is 32.9 Å². The second-order valence-corrected chi connectivity index (χ2v) is 9.88. The van der Waals surface area contributed by atoms with Gasteiger partial charge in [0.15, 0.2) is 0 Å². The lowest BCUT2D eigenvalue weighted by molar-refractivity contribution is -0.123. The molecular formula is C30H31ClN4O4. The van der Waals surface area contributed by atoms with Gasteiger partial charge in [-0.25, -0.2) is 10.2 Å². The lowest BCUT2D eigenvalue weighted by atomic mass is 10.0. The third kappa shape index (κ3) is 8.09. The summed E-state index contributed by atoms with van der Waals surface area (Å²) in [5.74, 6) is 0.291. The van der Waals surface area contributed by atoms with Crippen molar-refractivity contribution < 1.29 is 19.1 Å². The standard InChI is InChI=1S/C30H31ClN4O4/c1-20(2)18-39-30(37)34-27(15-23-16-32-26-12-5-4-11-25(23)26)29(36)35-33-17-22-9-3-6-13-28(22)38-19-21-8-7-10-24(31)14-21/h3-14,16-17,20,27,32H,15,18-19H2,1-2H3,(H,34,37)(H,35,36)/b33-17-/t27-/m0/s1. The Morgan fingerprint density at radius 2 is 1.85 bits per heavy atom. The molecule has 1 heterocycles. The summed E-state index contributed by atoms with van der Waals surface area (Å²) in [5.41, 5.74) is 5.99. The van der Waals surface area contributed by atoms with Crippen LogP contribution in [0.5, 0.6) is 5.75 Å². The number of aromatic nitrogens is 1. The molecule has 0 fully saturated rings. The largest absolute Gasteiger partial charge is 0.488 e. The number of para-hydroxylation sites is 2. The molecule has 0 unspecified atom stereocenters. The van der Waals surface area contributed by atoms with Crippen molar-refractivity contribution in [3.05, 3.63) is 101 Å². The van der Waals surface area contributed by atoms with Crippen LogP contribution in [0.4, 0.5) is 4.79 Å². The molecule has 0 aliphatic carbocycles. The van der Waals surface area contributed by atoms with Crippen LogP contribution in [0.25, 0.3) is 10.9 Å². The van der Waals surface area contributed by atoms with Gasteiger partial charge in [-0.05, 0) is 47.4 Å². The first-order valence-electron chi connectivity index (χ1n) is 12.7. The monoisotopic (exact) mass is 546 g/mol. The summed E-state index contributed by atoms with van der Waals surface area (Å²) < 4.78 is 11.2. The zero-order valence-electron chi connectivity index (χ0n) is 21.8. The van der Waals surface area contributed by atoms with Gasteiger partial charge in [-0.1, -0.05) is 67.9 Å². The fraction of sp³-hybridized carbons (Fsp3) is 0.233. The summed E-state index contributed by atoms with van der Waals surface area (Å²) in [6.45, 7) is 4.45. The topological polar surface area (TPSA) is 105 Å². The van der Waals surface area contributed by atoms with E-state index >= 15 is 0 Å². The Labute approximate surface area is 232 Å². The van der Waals surface area contributed by atoms with Crippen LogP contribution < -0.4 is 15.5 Å². The van der Waals surface area contributed by atoms with Gasteiger partial charge in [0.25, 0.3) is 5.91 Å². The molecule has 1 aromatic heterocycles. The van der Waals surface area contributed by atoms with Crippen molar-refractivity contribution in [1.82, 2.24) is 15.7 Å². The molecule has 4 aromatic rings. The summed E-state index contributed by atoms with van der Waals surface area (Å²) in [6, 6.07) is 21.6. The fourth-order valence-electron chi connectivity index (χ4n) is 3.91. The van der Waals surface area contributed by atoms with Gasteiger partial charge >= 0.3 is 6.09 Å². The second kappa shape index (κ2) is 13.5. The zero-order valence-corrected chi connectivity index (χ0v) is 22.6. The molecule has 0 saturated heterocycles. The molecule has 39 heavy (non-hydrogen) atoms. The molecule has 3 aromatic carbocycles. The first-order valence-corrected chi connectivity index (χ1v) is 13.0. The zero-order chi connectivity index (χ0) is 27.6. The normalized spacial score (nSPS) is 12.0. The second-order valence-electron chi connectivity index (χ2n) is 9.44. The third-order valence-corrected chi connectivity index (χ3v) is 6.07. The van der Waals surface area contributed by atoms with E-state index in [4.69, 9.17) is 21.1 Å². The van der Waals surface area contributed by atoms with Gasteiger partial charge in [0.1, 0.15) is 18.4 Å². The smallest absolute Gasteiger partial charge is 0.407 e. The van der Waals surface area contributed by atoms with Gasteiger partial charge in [0.2, 0.25) is 0 Å². The van der Waals surface area contributed by atoms with Crippen molar-refractivity contribution in [1.29, 1.82) is 0 Å². The third-order valence-electron chi connectivity index (χ3n) is 5.84. The molecule has 0 aliphatic heterocycles. The van der Waals surface area contributed by atoms with Crippen LogP contribution in [0.2, 0.25) is 5.02 Å². The number of aromatic amines is 1. The number of ether oxygens (including phenoxy) is 2. The summed E-state index contributed by atoms with van der Waals surface area (Å²) in [5, 5.41) is 8.43. The molecule has 202 valence electrons. The maximum Gasteiger partial charge on any atom is 0.407 e. The number of nitrogens with zero attached hydrogens (tertiary/aromatic N) is 1. The molecule has 0 radical (unpaired) electrons. The van der Waals surface area contributed by atoms with E-state index in [1.165, 1.54) is 6.21 Å². The highest BCUT2D eigenvalue weighted by molar-refractivity contribution is 6.30. The Balaban J connectivity index is 1.44. The number of benzene rings is 3. The number of H-pyrrole nitrogens is 1. The lowest BCUT2D eigenvalue weighted by Gasteiger charge is -2.17. The van der Waals surface area contributed by atoms with Crippen molar-refractivity contribution in [2.75, 3.05) is 6.61 Å². The van der Waals surface area contributed by atoms with E-state index in [1.807, 2.05) is 86.8 Å². The molecule has 0 aliphatic rings. The molecule has 0 spiro atoms. The Kier molecular flexibility index (Phi) is 9.58. The summed E-state index contributed by atoms with van der Waals surface area (Å²) >= 11 is 6.06. The van der Waals surface area contributed by atoms with Crippen LogP contribution >= 0.6 is 11.6 Å². The van der Waals surface area contributed by atoms with Crippen molar-refractivity contribution in [2.24, 2.45) is 11.0 Å². The molecule has 1 atom stereocenters. The van der Waals surface area contributed by atoms with Crippen LogP contribution in [0, 0.1) is 5.92 Å². The van der Waals surface area contributed by atoms with E-state index in [0.29, 0.717) is 22.9 Å². The average molecular weight is 547 g/mol. The predicted octanol–water partition coefficient (Wildman–Crippen LogP) is 5.84. The fourth-order valence-corrected chi connectivity index (χ4v) is 4.12. The number of hydrazone groups is 1. The van der Waals surface area contributed by atoms with Gasteiger partial charge < -0.3 is 19.8 Å². The van der Waals surface area contributed by atoms with Gasteiger partial charge in [-0.15, -0.1) is 0 Å². The number of nitrogens with one attached hydrogen (secondary N) is 3. The number of fused-ring (bicyclic) bond motifs is 1. The van der Waals surface area contributed by atoms with Gasteiger partial charge in [0.05, 0.1) is 12.8 Å². The summed E-state index contributed by atoms with van der Waals surface area (Å²) in [6.07, 6.45) is 2.93. The number of alkyl carbamates (subject to hydrolysis) is 1. The highest BCUT2D eigenvalue weighted by Crippen LogP contribution is 2.20. The number of carbonyl (C=O) groups excluding carboxylic acids is 2. The van der Waals surface area contributed by atoms with Crippen LogP contribution in [0.3, 0.4) is 0 Å². The molecule has 0 saturated carbocycles. The number of carbonyl (C=O) groups is 2. The number of hydrogen-bond acceptors (Lipinski definition) is 5. The minimum atomic E-state index is -0.907. The molecule has 4 rings (SSSR count). The number of halogens is 1. The van der Waals surface area contributed by atoms with E-state index < -0.39 is 18.0 Å². The lowest BCUT2D eigenvalue weighted by Crippen LogP contribution is -2.47. The van der Waals surface area contributed by atoms with Gasteiger partial charge in [0, 0.05) is 34.1 Å². The van der Waals surface area contributed by atoms with Crippen molar-refractivity contribution in [3.8, 4) is 5.75 Å². The molecule has 2 amide bonds. The average Bonchev–Trinajstić information content (AvgIpc) is 3.33. The molecular weight excluding hydrogens is 516 g/mol. The Hall–Kier alpha value is -4.30. The quantitative estimate of drug-likeness (QED) is 0.162. The van der Waals surface area contributed by atoms with Crippen molar-refractivity contribution >= 4 is 40.7 Å². The Bertz CT molecular complexity index is 1450. The predicted molar refractivity (Wildman–Crippen MR) is 153 cm³/mol. The minimum Gasteiger partial charge on any atom is -0.488 e. The maximum absolute atomic E-state index is 13.1. The van der Waals surface area contributed by atoms with Crippen LogP contribution in [-0.4, -0.2) is 35.8 Å².